The highest BCUT2D eigenvalue weighted by atomic mass is 35.5. The zero-order valence-electron chi connectivity index (χ0n) is 28.4. The number of unbranched alkanes of at least 4 members (excludes halogenated alkanes) is 2. The van der Waals surface area contributed by atoms with E-state index in [-0.39, 0.29) is 48.5 Å². The second-order valence-electron chi connectivity index (χ2n) is 11.5. The van der Waals surface area contributed by atoms with E-state index in [4.69, 9.17) is 1.41 Å². The number of ether oxygens (including phenoxy) is 1. The topological polar surface area (TPSA) is 220 Å². The minimum atomic E-state index is -0.940. The third-order valence-corrected chi connectivity index (χ3v) is 8.53. The molecule has 47 heavy (non-hydrogen) atoms. The van der Waals surface area contributed by atoms with Gasteiger partial charge in [-0.25, -0.2) is 0 Å². The molecule has 0 bridgehead atoms. The average Bonchev–Trinajstić information content (AvgIpc) is 3.06. The molecule has 268 valence electrons. The molecule has 0 saturated heterocycles. The Hall–Kier alpha value is -3.07. The Bertz CT molecular complexity index is 1110. The summed E-state index contributed by atoms with van der Waals surface area (Å²) in [7, 11) is 1.35. The number of phenols is 1. The lowest BCUT2D eigenvalue weighted by Gasteiger charge is -2.27. The van der Waals surface area contributed by atoms with Crippen molar-refractivity contribution in [3.63, 3.8) is 0 Å². The van der Waals surface area contributed by atoms with Gasteiger partial charge in [0.05, 0.1) is 19.7 Å². The maximum Gasteiger partial charge on any atom is 0.305 e. The molecule has 15 heteroatoms. The first kappa shape index (κ1) is 42.0. The van der Waals surface area contributed by atoms with E-state index in [0.29, 0.717) is 50.3 Å². The molecule has 1 aliphatic carbocycles. The first-order valence-corrected chi connectivity index (χ1v) is 17.2. The first-order chi connectivity index (χ1) is 22.2. The highest BCUT2D eigenvalue weighted by Gasteiger charge is 2.27. The Morgan fingerprint density at radius 1 is 0.979 bits per heavy atom. The standard InChI is InChI=1S/C32H51N5O7S.ClH.H2O/c1-44-29(40)11-7-4-8-17-34-32(43)27(20-22-9-5-3-6-10-22)36-28(39)21-35-31(42)26(16-18-45-2)37-30(41)25(33)19-23-12-14-24(38)15-13-23;;/h12-15,22,25-27,38H,3-11,16-21,33H2,1-2H3,(H,34,43)(H,35,42)(H,36,39)(H,37,41);1H;1H2/t25-,26-,27-;;/m0../s1/i/hD. The van der Waals surface area contributed by atoms with Gasteiger partial charge in [-0.1, -0.05) is 50.7 Å². The quantitative estimate of drug-likeness (QED) is 0.0806. The van der Waals surface area contributed by atoms with Crippen LogP contribution in [-0.4, -0.2) is 90.5 Å². The molecule has 2 rings (SSSR count). The summed E-state index contributed by atoms with van der Waals surface area (Å²) in [6.07, 6.45) is 10.7. The molecule has 0 unspecified atom stereocenters. The normalized spacial score (nSPS) is 14.9. The third-order valence-electron chi connectivity index (χ3n) is 7.89. The summed E-state index contributed by atoms with van der Waals surface area (Å²) in [5, 5.41) is 20.5. The van der Waals surface area contributed by atoms with Crippen LogP contribution in [0.2, 0.25) is 1.41 Å². The van der Waals surface area contributed by atoms with Gasteiger partial charge in [-0.2, -0.15) is 11.8 Å². The monoisotopic (exact) mass is 704 g/mol. The predicted molar refractivity (Wildman–Crippen MR) is 185 cm³/mol. The molecule has 0 radical (unpaired) electrons. The van der Waals surface area contributed by atoms with Gasteiger partial charge in [0.1, 0.15) is 19.2 Å². The number of nitrogens with two attached hydrogens (primary N) is 1. The van der Waals surface area contributed by atoms with E-state index in [1.165, 1.54) is 37.4 Å². The van der Waals surface area contributed by atoms with E-state index in [1.807, 2.05) is 6.26 Å². The number of hydrogen-bond acceptors (Lipinski definition) is 9. The lowest BCUT2D eigenvalue weighted by molar-refractivity contribution is -0.140. The average molecular weight is 705 g/mol. The van der Waals surface area contributed by atoms with E-state index in [0.717, 1.165) is 37.7 Å². The van der Waals surface area contributed by atoms with Crippen LogP contribution in [0.4, 0.5) is 0 Å². The molecule has 0 heterocycles. The van der Waals surface area contributed by atoms with E-state index in [2.05, 4.69) is 31.7 Å². The lowest BCUT2D eigenvalue weighted by atomic mass is 9.84. The highest BCUT2D eigenvalue weighted by molar-refractivity contribution is 7.98. The van der Waals surface area contributed by atoms with E-state index >= 15 is 0 Å². The van der Waals surface area contributed by atoms with Gasteiger partial charge in [-0.05, 0) is 67.7 Å². The van der Waals surface area contributed by atoms with Crippen LogP contribution in [0.5, 0.6) is 5.75 Å². The predicted octanol–water partition coefficient (Wildman–Crippen LogP) is 1.52. The van der Waals surface area contributed by atoms with E-state index < -0.39 is 35.8 Å². The summed E-state index contributed by atoms with van der Waals surface area (Å²) in [6.45, 7) is 0.0611. The molecule has 1 aliphatic rings. The molecular weight excluding hydrogens is 650 g/mol. The van der Waals surface area contributed by atoms with Gasteiger partial charge in [0.25, 0.3) is 0 Å². The van der Waals surface area contributed by atoms with Crippen LogP contribution in [-0.2, 0) is 35.1 Å². The number of hydrogen-bond donors (Lipinski definition) is 6. The van der Waals surface area contributed by atoms with Gasteiger partial charge < -0.3 is 42.3 Å². The lowest BCUT2D eigenvalue weighted by Crippen LogP contribution is -2.54. The van der Waals surface area contributed by atoms with Crippen molar-refractivity contribution in [3.8, 4) is 5.75 Å². The van der Waals surface area contributed by atoms with Crippen molar-refractivity contribution in [1.29, 1.82) is 0 Å². The molecule has 1 fully saturated rings. The minimum absolute atomic E-state index is 0. The van der Waals surface area contributed by atoms with Crippen molar-refractivity contribution < 1.29 is 40.7 Å². The second kappa shape index (κ2) is 25.0. The Balaban J connectivity index is 0.0000110. The van der Waals surface area contributed by atoms with Crippen LogP contribution in [0.3, 0.4) is 0 Å². The fraction of sp³-hybridized carbons (Fsp3) is 0.656. The van der Waals surface area contributed by atoms with E-state index in [1.54, 1.807) is 12.1 Å². The molecule has 3 atom stereocenters. The number of thioether (sulfide) groups is 1. The minimum Gasteiger partial charge on any atom is -0.508 e. The van der Waals surface area contributed by atoms with Crippen molar-refractivity contribution in [2.45, 2.75) is 95.2 Å². The zero-order valence-corrected chi connectivity index (χ0v) is 29.1. The van der Waals surface area contributed by atoms with Crippen LogP contribution in [0, 0.1) is 5.92 Å². The number of aromatic hydroxyl groups is 1. The first-order valence-electron chi connectivity index (χ1n) is 16.3. The number of phenolic OH excluding ortho intramolecular Hbond substituents is 1. The fourth-order valence-corrected chi connectivity index (χ4v) is 5.74. The molecule has 0 spiro atoms. The van der Waals surface area contributed by atoms with Crippen molar-refractivity contribution in [2.24, 2.45) is 11.6 Å². The molecule has 1 saturated carbocycles. The number of carbonyl (C=O) groups excluding carboxylic acids is 5. The molecule has 1 aromatic carbocycles. The number of benzene rings is 1. The second-order valence-corrected chi connectivity index (χ2v) is 12.5. The number of rotatable bonds is 21. The largest absolute Gasteiger partial charge is 0.508 e. The Kier molecular flexibility index (Phi) is 22.3. The molecule has 0 aliphatic heterocycles. The highest BCUT2D eigenvalue weighted by Crippen LogP contribution is 2.27. The fourth-order valence-electron chi connectivity index (χ4n) is 5.27. The zero-order chi connectivity index (χ0) is 33.7. The van der Waals surface area contributed by atoms with Crippen LogP contribution in [0.1, 0.15) is 76.2 Å². The maximum atomic E-state index is 13.1. The Morgan fingerprint density at radius 3 is 2.30 bits per heavy atom. The molecule has 9 N–H and O–H groups in total. The van der Waals surface area contributed by atoms with Gasteiger partial charge in [-0.15, -0.1) is 12.4 Å². The van der Waals surface area contributed by atoms with Gasteiger partial charge in [0.15, 0.2) is 0 Å². The summed E-state index contributed by atoms with van der Waals surface area (Å²) in [4.78, 5) is 63.4. The summed E-state index contributed by atoms with van der Waals surface area (Å²) < 4.78 is 12.3. The van der Waals surface area contributed by atoms with E-state index in [9.17, 15) is 29.1 Å². The maximum absolute atomic E-state index is 13.1. The molecule has 1 aromatic rings. The van der Waals surface area contributed by atoms with Crippen molar-refractivity contribution in [2.75, 3.05) is 32.2 Å². The van der Waals surface area contributed by atoms with Crippen molar-refractivity contribution in [3.05, 3.63) is 29.8 Å². The molecule has 13 nitrogen and oxygen atoms in total. The summed E-state index contributed by atoms with van der Waals surface area (Å²) in [5.74, 6) is -1.12. The number of esters is 1. The van der Waals surface area contributed by atoms with Crippen molar-refractivity contribution in [1.82, 2.24) is 21.3 Å². The smallest absolute Gasteiger partial charge is 0.305 e. The van der Waals surface area contributed by atoms with Gasteiger partial charge >= 0.3 is 5.97 Å². The van der Waals surface area contributed by atoms with Crippen molar-refractivity contribution >= 4 is 53.8 Å². The van der Waals surface area contributed by atoms with Gasteiger partial charge in [0.2, 0.25) is 23.6 Å². The third kappa shape index (κ3) is 18.2. The number of amides is 4. The number of carbonyl (C=O) groups is 5. The Labute approximate surface area is 289 Å². The van der Waals surface area contributed by atoms with Gasteiger partial charge in [0, 0.05) is 13.0 Å². The van der Waals surface area contributed by atoms with Crippen LogP contribution >= 0.6 is 24.2 Å². The molecular formula is C32H54ClN5O8S. The Morgan fingerprint density at radius 2 is 1.66 bits per heavy atom. The van der Waals surface area contributed by atoms with Crippen LogP contribution in [0.15, 0.2) is 24.3 Å². The summed E-state index contributed by atoms with van der Waals surface area (Å²) in [6, 6.07) is 3.69. The SMILES string of the molecule is Cl.O.[2H]N[C@@H](Cc1ccc(O)cc1)C(=O)N[C@@H](CCSC)C(=O)NCC(=O)N[C@@H](CC1CCCCC1)C(=O)NCCCCCC(=O)OC. The molecule has 4 amide bonds. The summed E-state index contributed by atoms with van der Waals surface area (Å²) >= 11 is 1.51. The number of methoxy groups -OCH3 is 1. The van der Waals surface area contributed by atoms with Gasteiger partial charge in [-0.3, -0.25) is 24.0 Å². The molecule has 0 aromatic heterocycles. The van der Waals surface area contributed by atoms with Crippen LogP contribution < -0.4 is 27.0 Å². The number of nitrogens with one attached hydrogen (secondary N) is 4. The number of halogens is 1. The summed E-state index contributed by atoms with van der Waals surface area (Å²) in [5.41, 5.74) is 2.96. The van der Waals surface area contributed by atoms with Crippen LogP contribution in [0.25, 0.3) is 0 Å².